The van der Waals surface area contributed by atoms with E-state index >= 15 is 0 Å². The van der Waals surface area contributed by atoms with E-state index in [9.17, 15) is 9.59 Å². The summed E-state index contributed by atoms with van der Waals surface area (Å²) < 4.78 is 5.09. The second-order valence-corrected chi connectivity index (χ2v) is 4.49. The predicted molar refractivity (Wildman–Crippen MR) is 74.7 cm³/mol. The maximum atomic E-state index is 12.2. The number of esters is 1. The summed E-state index contributed by atoms with van der Waals surface area (Å²) in [6.07, 6.45) is 0. The molecule has 20 heavy (non-hydrogen) atoms. The highest BCUT2D eigenvalue weighted by molar-refractivity contribution is 6.07. The molecule has 5 nitrogen and oxygen atoms in total. The minimum absolute atomic E-state index is 0.204. The smallest absolute Gasteiger partial charge is 0.338 e. The quantitative estimate of drug-likeness (QED) is 0.839. The first kappa shape index (κ1) is 14.1. The molecule has 0 spiro atoms. The molecule has 0 saturated carbocycles. The van der Waals surface area contributed by atoms with Gasteiger partial charge in [-0.1, -0.05) is 30.3 Å². The van der Waals surface area contributed by atoms with Crippen LogP contribution in [-0.4, -0.2) is 37.5 Å². The molecule has 1 aromatic carbocycles. The second kappa shape index (κ2) is 5.77. The number of nitrogens with zero attached hydrogens (tertiary/aromatic N) is 1. The van der Waals surface area contributed by atoms with Crippen LogP contribution in [0.3, 0.4) is 0 Å². The summed E-state index contributed by atoms with van der Waals surface area (Å²) in [5.74, 6) is -0.659. The zero-order valence-corrected chi connectivity index (χ0v) is 11.8. The fourth-order valence-electron chi connectivity index (χ4n) is 2.43. The second-order valence-electron chi connectivity index (χ2n) is 4.49. The summed E-state index contributed by atoms with van der Waals surface area (Å²) in [6.45, 7) is 2.02. The maximum absolute atomic E-state index is 12.2. The SMILES string of the molecule is CCOC(=O)C1=C(NC)C(=O)N(C)[C@H]1c1ccccc1. The van der Waals surface area contributed by atoms with Crippen LogP contribution in [0, 0.1) is 0 Å². The third kappa shape index (κ3) is 2.27. The van der Waals surface area contributed by atoms with E-state index in [0.29, 0.717) is 11.3 Å². The van der Waals surface area contributed by atoms with Gasteiger partial charge in [-0.25, -0.2) is 4.79 Å². The van der Waals surface area contributed by atoms with Gasteiger partial charge in [0.2, 0.25) is 0 Å². The van der Waals surface area contributed by atoms with Gasteiger partial charge in [0.15, 0.2) is 0 Å². The molecular formula is C15H18N2O3. The summed E-state index contributed by atoms with van der Waals surface area (Å²) in [6, 6.07) is 9.04. The summed E-state index contributed by atoms with van der Waals surface area (Å²) in [5, 5.41) is 2.82. The number of ether oxygens (including phenoxy) is 1. The van der Waals surface area contributed by atoms with Crippen molar-refractivity contribution in [1.82, 2.24) is 10.2 Å². The molecule has 1 aliphatic rings. The Morgan fingerprint density at radius 1 is 1.35 bits per heavy atom. The first-order valence-corrected chi connectivity index (χ1v) is 6.53. The summed E-state index contributed by atoms with van der Waals surface area (Å²) >= 11 is 0. The number of carbonyl (C=O) groups excluding carboxylic acids is 2. The molecule has 0 radical (unpaired) electrons. The molecule has 0 bridgehead atoms. The van der Waals surface area contributed by atoms with E-state index in [0.717, 1.165) is 5.56 Å². The van der Waals surface area contributed by atoms with E-state index in [-0.39, 0.29) is 12.5 Å². The number of amides is 1. The first-order valence-electron chi connectivity index (χ1n) is 6.53. The lowest BCUT2D eigenvalue weighted by Gasteiger charge is -2.22. The van der Waals surface area contributed by atoms with Crippen LogP contribution in [0.4, 0.5) is 0 Å². The van der Waals surface area contributed by atoms with E-state index < -0.39 is 12.0 Å². The fraction of sp³-hybridized carbons (Fsp3) is 0.333. The number of likely N-dealkylation sites (N-methyl/N-ethyl adjacent to an activating group) is 2. The molecule has 1 aliphatic heterocycles. The molecule has 0 aromatic heterocycles. The number of rotatable bonds is 4. The molecule has 1 N–H and O–H groups in total. The van der Waals surface area contributed by atoms with Gasteiger partial charge in [0.1, 0.15) is 5.70 Å². The van der Waals surface area contributed by atoms with Crippen LogP contribution in [0.25, 0.3) is 0 Å². The van der Waals surface area contributed by atoms with Gasteiger partial charge in [-0.05, 0) is 12.5 Å². The van der Waals surface area contributed by atoms with Crippen LogP contribution >= 0.6 is 0 Å². The van der Waals surface area contributed by atoms with Gasteiger partial charge in [-0.2, -0.15) is 0 Å². The van der Waals surface area contributed by atoms with Crippen molar-refractivity contribution in [3.63, 3.8) is 0 Å². The van der Waals surface area contributed by atoms with Crippen molar-refractivity contribution in [1.29, 1.82) is 0 Å². The third-order valence-electron chi connectivity index (χ3n) is 3.32. The summed E-state index contributed by atoms with van der Waals surface area (Å²) in [5.41, 5.74) is 1.56. The van der Waals surface area contributed by atoms with E-state index in [4.69, 9.17) is 4.74 Å². The Morgan fingerprint density at radius 3 is 2.55 bits per heavy atom. The lowest BCUT2D eigenvalue weighted by atomic mass is 9.99. The Balaban J connectivity index is 2.51. The number of benzene rings is 1. The van der Waals surface area contributed by atoms with Crippen molar-refractivity contribution in [2.24, 2.45) is 0 Å². The van der Waals surface area contributed by atoms with E-state index in [2.05, 4.69) is 5.32 Å². The molecule has 0 aliphatic carbocycles. The maximum Gasteiger partial charge on any atom is 0.338 e. The Kier molecular flexibility index (Phi) is 4.08. The first-order chi connectivity index (χ1) is 9.61. The van der Waals surface area contributed by atoms with Gasteiger partial charge < -0.3 is 15.0 Å². The zero-order valence-electron chi connectivity index (χ0n) is 11.8. The van der Waals surface area contributed by atoms with Gasteiger partial charge in [-0.3, -0.25) is 4.79 Å². The highest BCUT2D eigenvalue weighted by atomic mass is 16.5. The fourth-order valence-corrected chi connectivity index (χ4v) is 2.43. The lowest BCUT2D eigenvalue weighted by molar-refractivity contribution is -0.139. The number of hydrogen-bond donors (Lipinski definition) is 1. The van der Waals surface area contributed by atoms with Gasteiger partial charge in [0, 0.05) is 14.1 Å². The van der Waals surface area contributed by atoms with Crippen LogP contribution in [0.1, 0.15) is 18.5 Å². The molecule has 1 heterocycles. The summed E-state index contributed by atoms with van der Waals surface area (Å²) in [4.78, 5) is 26.0. The molecule has 0 unspecified atom stereocenters. The normalized spacial score (nSPS) is 18.4. The Morgan fingerprint density at radius 2 is 2.00 bits per heavy atom. The number of hydrogen-bond acceptors (Lipinski definition) is 4. The Hall–Kier alpha value is -2.30. The predicted octanol–water partition coefficient (Wildman–Crippen LogP) is 1.24. The highest BCUT2D eigenvalue weighted by Crippen LogP contribution is 2.36. The molecule has 5 heteroatoms. The van der Waals surface area contributed by atoms with Gasteiger partial charge in [-0.15, -0.1) is 0 Å². The highest BCUT2D eigenvalue weighted by Gasteiger charge is 2.41. The third-order valence-corrected chi connectivity index (χ3v) is 3.32. The average Bonchev–Trinajstić information content (AvgIpc) is 2.72. The van der Waals surface area contributed by atoms with Crippen molar-refractivity contribution >= 4 is 11.9 Å². The topological polar surface area (TPSA) is 58.6 Å². The van der Waals surface area contributed by atoms with Crippen LogP contribution in [-0.2, 0) is 14.3 Å². The van der Waals surface area contributed by atoms with Crippen molar-refractivity contribution in [2.45, 2.75) is 13.0 Å². The summed E-state index contributed by atoms with van der Waals surface area (Å²) in [7, 11) is 3.32. The van der Waals surface area contributed by atoms with Gasteiger partial charge >= 0.3 is 5.97 Å². The molecule has 1 amide bonds. The largest absolute Gasteiger partial charge is 0.463 e. The number of nitrogens with one attached hydrogen (secondary N) is 1. The van der Waals surface area contributed by atoms with Crippen LogP contribution < -0.4 is 5.32 Å². The van der Waals surface area contributed by atoms with E-state index in [1.165, 1.54) is 0 Å². The van der Waals surface area contributed by atoms with Crippen LogP contribution in [0.2, 0.25) is 0 Å². The van der Waals surface area contributed by atoms with Crippen LogP contribution in [0.5, 0.6) is 0 Å². The Labute approximate surface area is 118 Å². The van der Waals surface area contributed by atoms with Crippen molar-refractivity contribution in [3.05, 3.63) is 47.2 Å². The van der Waals surface area contributed by atoms with Crippen molar-refractivity contribution in [2.75, 3.05) is 20.7 Å². The molecule has 1 atom stereocenters. The monoisotopic (exact) mass is 274 g/mol. The molecule has 0 saturated heterocycles. The van der Waals surface area contributed by atoms with Crippen molar-refractivity contribution in [3.8, 4) is 0 Å². The van der Waals surface area contributed by atoms with Gasteiger partial charge in [0.25, 0.3) is 5.91 Å². The molecule has 106 valence electrons. The van der Waals surface area contributed by atoms with E-state index in [1.54, 1.807) is 25.9 Å². The zero-order chi connectivity index (χ0) is 14.7. The van der Waals surface area contributed by atoms with Crippen LogP contribution in [0.15, 0.2) is 41.6 Å². The minimum atomic E-state index is -0.455. The van der Waals surface area contributed by atoms with Gasteiger partial charge in [0.05, 0.1) is 18.2 Å². The molecular weight excluding hydrogens is 256 g/mol. The minimum Gasteiger partial charge on any atom is -0.463 e. The lowest BCUT2D eigenvalue weighted by Crippen LogP contribution is -2.28. The molecule has 0 fully saturated rings. The van der Waals surface area contributed by atoms with E-state index in [1.807, 2.05) is 30.3 Å². The Bertz CT molecular complexity index is 551. The standard InChI is InChI=1S/C15H18N2O3/c1-4-20-15(19)11-12(16-2)14(18)17(3)13(11)10-8-6-5-7-9-10/h5-9,13,16H,4H2,1-3H3/t13-/m0/s1. The molecule has 1 aromatic rings. The average molecular weight is 274 g/mol. The number of carbonyl (C=O) groups is 2. The molecule has 2 rings (SSSR count). The van der Waals surface area contributed by atoms with Crippen molar-refractivity contribution < 1.29 is 14.3 Å².